The van der Waals surface area contributed by atoms with Crippen molar-refractivity contribution in [1.82, 2.24) is 10.2 Å². The molecule has 8 heteroatoms. The molecule has 2 fully saturated rings. The van der Waals surface area contributed by atoms with Crippen molar-refractivity contribution in [2.45, 2.75) is 31.4 Å². The summed E-state index contributed by atoms with van der Waals surface area (Å²) < 4.78 is 17.2. The average molecular weight is 456 g/mol. The smallest absolute Gasteiger partial charge is 0.307 e. The molecule has 0 saturated carbocycles. The highest BCUT2D eigenvalue weighted by molar-refractivity contribution is 6.31. The van der Waals surface area contributed by atoms with Gasteiger partial charge in [0.25, 0.3) is 0 Å². The second-order valence-electron chi connectivity index (χ2n) is 8.25. The van der Waals surface area contributed by atoms with Crippen LogP contribution in [0.25, 0.3) is 0 Å². The van der Waals surface area contributed by atoms with E-state index in [4.69, 9.17) is 30.8 Å². The fourth-order valence-electron chi connectivity index (χ4n) is 4.32. The van der Waals surface area contributed by atoms with Crippen LogP contribution in [0.2, 0.25) is 5.02 Å². The number of aliphatic imine (C=N–C) groups is 1. The van der Waals surface area contributed by atoms with Gasteiger partial charge in [-0.1, -0.05) is 23.7 Å². The summed E-state index contributed by atoms with van der Waals surface area (Å²) in [5.41, 5.74) is 1.61. The van der Waals surface area contributed by atoms with E-state index in [0.717, 1.165) is 43.1 Å². The third-order valence-electron chi connectivity index (χ3n) is 5.93. The topological polar surface area (TPSA) is 72.4 Å². The molecule has 0 unspecified atom stereocenters. The predicted octanol–water partition coefficient (Wildman–Crippen LogP) is 3.91. The van der Waals surface area contributed by atoms with Gasteiger partial charge in [0.2, 0.25) is 0 Å². The number of hydrogen-bond donors (Lipinski definition) is 1. The number of carbonyl (C=O) groups is 1. The van der Waals surface area contributed by atoms with Crippen LogP contribution in [0.4, 0.5) is 5.69 Å². The molecule has 3 aliphatic heterocycles. The Morgan fingerprint density at radius 2 is 2.03 bits per heavy atom. The maximum atomic E-state index is 12.5. The molecule has 2 aromatic carbocycles. The SMILES string of the molecule is O=C(C[C@H]1CN(C2=Nc3cc(Cl)ccc3Oc3ccccc32)CCN1)OC1CCOCC1. The number of ether oxygens (including phenoxy) is 3. The van der Waals surface area contributed by atoms with Crippen molar-refractivity contribution in [3.8, 4) is 11.5 Å². The van der Waals surface area contributed by atoms with Crippen molar-refractivity contribution in [1.29, 1.82) is 0 Å². The van der Waals surface area contributed by atoms with Crippen molar-refractivity contribution in [2.24, 2.45) is 4.99 Å². The summed E-state index contributed by atoms with van der Waals surface area (Å²) in [5, 5.41) is 4.06. The molecule has 2 aromatic rings. The average Bonchev–Trinajstić information content (AvgIpc) is 2.96. The number of benzene rings is 2. The van der Waals surface area contributed by atoms with Crippen LogP contribution in [0, 0.1) is 0 Å². The fraction of sp³-hybridized carbons (Fsp3) is 0.417. The van der Waals surface area contributed by atoms with Crippen molar-refractivity contribution < 1.29 is 19.0 Å². The molecule has 1 N–H and O–H groups in total. The number of rotatable bonds is 3. The summed E-state index contributed by atoms with van der Waals surface area (Å²) in [6.07, 6.45) is 1.83. The number of amidine groups is 1. The maximum absolute atomic E-state index is 12.5. The first-order valence-electron chi connectivity index (χ1n) is 11.1. The lowest BCUT2D eigenvalue weighted by Gasteiger charge is -2.35. The van der Waals surface area contributed by atoms with Gasteiger partial charge in [-0.15, -0.1) is 0 Å². The molecule has 168 valence electrons. The summed E-state index contributed by atoms with van der Waals surface area (Å²) >= 11 is 6.23. The lowest BCUT2D eigenvalue weighted by atomic mass is 10.1. The normalized spacial score (nSPS) is 21.0. The van der Waals surface area contributed by atoms with Gasteiger partial charge in [-0.25, -0.2) is 4.99 Å². The van der Waals surface area contributed by atoms with E-state index in [1.165, 1.54) is 0 Å². The van der Waals surface area contributed by atoms with E-state index in [0.29, 0.717) is 42.6 Å². The Labute approximate surface area is 192 Å². The number of carbonyl (C=O) groups excluding carboxylic acids is 1. The quantitative estimate of drug-likeness (QED) is 0.707. The van der Waals surface area contributed by atoms with Gasteiger partial charge in [0, 0.05) is 43.5 Å². The van der Waals surface area contributed by atoms with Crippen LogP contribution in [0.3, 0.4) is 0 Å². The van der Waals surface area contributed by atoms with Gasteiger partial charge in [-0.05, 0) is 30.3 Å². The maximum Gasteiger partial charge on any atom is 0.307 e. The van der Waals surface area contributed by atoms with E-state index in [1.54, 1.807) is 6.07 Å². The Balaban J connectivity index is 1.35. The van der Waals surface area contributed by atoms with Crippen LogP contribution >= 0.6 is 11.6 Å². The summed E-state index contributed by atoms with van der Waals surface area (Å²) in [6.45, 7) is 3.47. The van der Waals surface area contributed by atoms with Crippen LogP contribution in [0.1, 0.15) is 24.8 Å². The minimum atomic E-state index is -0.167. The van der Waals surface area contributed by atoms with Gasteiger partial charge in [0.15, 0.2) is 5.75 Å². The fourth-order valence-corrected chi connectivity index (χ4v) is 4.49. The Morgan fingerprint density at radius 1 is 1.19 bits per heavy atom. The second kappa shape index (κ2) is 9.48. The minimum Gasteiger partial charge on any atom is -0.462 e. The molecule has 7 nitrogen and oxygen atoms in total. The van der Waals surface area contributed by atoms with Crippen LogP contribution < -0.4 is 10.1 Å². The third kappa shape index (κ3) is 4.75. The largest absolute Gasteiger partial charge is 0.462 e. The molecule has 2 saturated heterocycles. The second-order valence-corrected chi connectivity index (χ2v) is 8.68. The predicted molar refractivity (Wildman–Crippen MR) is 122 cm³/mol. The molecule has 0 aliphatic carbocycles. The van der Waals surface area contributed by atoms with E-state index in [-0.39, 0.29) is 18.1 Å². The number of nitrogens with zero attached hydrogens (tertiary/aromatic N) is 2. The Hall–Kier alpha value is -2.61. The van der Waals surface area contributed by atoms with Crippen LogP contribution in [0.15, 0.2) is 47.5 Å². The zero-order valence-electron chi connectivity index (χ0n) is 17.8. The molecule has 0 bridgehead atoms. The molecule has 3 aliphatic rings. The molecule has 32 heavy (non-hydrogen) atoms. The van der Waals surface area contributed by atoms with Crippen molar-refractivity contribution in [3.05, 3.63) is 53.1 Å². The lowest BCUT2D eigenvalue weighted by molar-refractivity contribution is -0.153. The molecular weight excluding hydrogens is 430 g/mol. The highest BCUT2D eigenvalue weighted by atomic mass is 35.5. The van der Waals surface area contributed by atoms with Gasteiger partial charge >= 0.3 is 5.97 Å². The molecule has 5 rings (SSSR count). The van der Waals surface area contributed by atoms with Crippen molar-refractivity contribution >= 4 is 29.1 Å². The number of esters is 1. The summed E-state index contributed by atoms with van der Waals surface area (Å²) in [6, 6.07) is 13.3. The van der Waals surface area contributed by atoms with Crippen molar-refractivity contribution in [3.63, 3.8) is 0 Å². The van der Waals surface area contributed by atoms with Gasteiger partial charge in [-0.3, -0.25) is 4.79 Å². The minimum absolute atomic E-state index is 0.0195. The standard InChI is InChI=1S/C24H26ClN3O4/c25-16-5-6-22-20(13-16)27-24(19-3-1-2-4-21(19)32-22)28-10-9-26-17(15-28)14-23(29)31-18-7-11-30-12-8-18/h1-6,13,17-18,26H,7-12,14-15H2/t17-/m0/s1. The first-order chi connectivity index (χ1) is 15.7. The molecule has 3 heterocycles. The van der Waals surface area contributed by atoms with E-state index in [1.807, 2.05) is 36.4 Å². The van der Waals surface area contributed by atoms with Crippen LogP contribution in [-0.2, 0) is 14.3 Å². The molecule has 0 amide bonds. The molecule has 0 spiro atoms. The van der Waals surface area contributed by atoms with Gasteiger partial charge < -0.3 is 24.4 Å². The summed E-state index contributed by atoms with van der Waals surface area (Å²) in [5.74, 6) is 2.08. The number of piperazine rings is 1. The Bertz CT molecular complexity index is 1020. The summed E-state index contributed by atoms with van der Waals surface area (Å²) in [7, 11) is 0. The lowest BCUT2D eigenvalue weighted by Crippen LogP contribution is -2.53. The summed E-state index contributed by atoms with van der Waals surface area (Å²) in [4.78, 5) is 19.7. The van der Waals surface area contributed by atoms with E-state index in [2.05, 4.69) is 10.2 Å². The van der Waals surface area contributed by atoms with E-state index in [9.17, 15) is 4.79 Å². The molecule has 0 aromatic heterocycles. The number of nitrogens with one attached hydrogen (secondary N) is 1. The van der Waals surface area contributed by atoms with Gasteiger partial charge in [0.1, 0.15) is 23.4 Å². The zero-order valence-corrected chi connectivity index (χ0v) is 18.5. The number of halogens is 1. The van der Waals surface area contributed by atoms with Crippen molar-refractivity contribution in [2.75, 3.05) is 32.8 Å². The number of fused-ring (bicyclic) bond motifs is 2. The van der Waals surface area contributed by atoms with E-state index >= 15 is 0 Å². The highest BCUT2D eigenvalue weighted by Gasteiger charge is 2.29. The molecule has 1 atom stereocenters. The monoisotopic (exact) mass is 455 g/mol. The number of para-hydroxylation sites is 1. The van der Waals surface area contributed by atoms with E-state index < -0.39 is 0 Å². The number of hydrogen-bond acceptors (Lipinski definition) is 7. The van der Waals surface area contributed by atoms with Crippen LogP contribution in [0.5, 0.6) is 11.5 Å². The molecule has 0 radical (unpaired) electrons. The first-order valence-corrected chi connectivity index (χ1v) is 11.4. The van der Waals surface area contributed by atoms with Gasteiger partial charge in [0.05, 0.1) is 25.2 Å². The first kappa shape index (κ1) is 21.2. The molecular formula is C24H26ClN3O4. The Morgan fingerprint density at radius 3 is 2.91 bits per heavy atom. The highest BCUT2D eigenvalue weighted by Crippen LogP contribution is 2.39. The van der Waals surface area contributed by atoms with Crippen LogP contribution in [-0.4, -0.2) is 61.7 Å². The van der Waals surface area contributed by atoms with Gasteiger partial charge in [-0.2, -0.15) is 0 Å². The zero-order chi connectivity index (χ0) is 21.9. The Kier molecular flexibility index (Phi) is 6.30. The third-order valence-corrected chi connectivity index (χ3v) is 6.16.